The zero-order chi connectivity index (χ0) is 21.8. The molecule has 5 nitrogen and oxygen atoms in total. The summed E-state index contributed by atoms with van der Waals surface area (Å²) in [7, 11) is 1.57. The topological polar surface area (TPSA) is 67.0 Å². The third kappa shape index (κ3) is 4.72. The Kier molecular flexibility index (Phi) is 6.23. The van der Waals surface area contributed by atoms with Gasteiger partial charge in [0.05, 0.1) is 24.2 Å². The van der Waals surface area contributed by atoms with E-state index < -0.39 is 0 Å². The number of aryl methyl sites for hydroxylation is 2. The number of methoxy groups -OCH3 is 1. The summed E-state index contributed by atoms with van der Waals surface area (Å²) < 4.78 is 5.30. The average Bonchev–Trinajstić information content (AvgIpc) is 3.12. The Morgan fingerprint density at radius 3 is 2.81 bits per heavy atom. The highest BCUT2D eigenvalue weighted by Crippen LogP contribution is 2.32. The third-order valence-corrected chi connectivity index (χ3v) is 5.48. The predicted octanol–water partition coefficient (Wildman–Crippen LogP) is 6.16. The molecule has 0 saturated carbocycles. The highest BCUT2D eigenvalue weighted by molar-refractivity contribution is 6.31. The molecule has 0 radical (unpaired) electrons. The number of benzene rings is 2. The molecule has 158 valence electrons. The van der Waals surface area contributed by atoms with Gasteiger partial charge in [-0.05, 0) is 67.8 Å². The molecule has 2 aromatic heterocycles. The fourth-order valence-electron chi connectivity index (χ4n) is 3.77. The molecule has 0 unspecified atom stereocenters. The quantitative estimate of drug-likeness (QED) is 0.366. The lowest BCUT2D eigenvalue weighted by molar-refractivity contribution is -0.116. The number of fused-ring (bicyclic) bond motifs is 1. The van der Waals surface area contributed by atoms with E-state index in [1.54, 1.807) is 31.5 Å². The first kappa shape index (κ1) is 20.9. The van der Waals surface area contributed by atoms with Crippen LogP contribution < -0.4 is 10.1 Å². The van der Waals surface area contributed by atoms with E-state index in [9.17, 15) is 4.79 Å². The molecule has 0 spiro atoms. The van der Waals surface area contributed by atoms with E-state index in [-0.39, 0.29) is 5.91 Å². The molecule has 0 aliphatic carbocycles. The Hall–Kier alpha value is -3.31. The molecule has 0 bridgehead atoms. The Morgan fingerprint density at radius 2 is 2.03 bits per heavy atom. The molecule has 0 fully saturated rings. The van der Waals surface area contributed by atoms with Crippen molar-refractivity contribution in [3.05, 3.63) is 76.9 Å². The molecule has 2 aromatic carbocycles. The third-order valence-electron chi connectivity index (χ3n) is 5.25. The molecule has 0 aliphatic heterocycles. The summed E-state index contributed by atoms with van der Waals surface area (Å²) in [5, 5.41) is 4.63. The first-order chi connectivity index (χ1) is 15.0. The maximum atomic E-state index is 12.6. The fraction of sp³-hybridized carbons (Fsp3) is 0.200. The summed E-state index contributed by atoms with van der Waals surface area (Å²) in [5.74, 6) is 0.512. The lowest BCUT2D eigenvalue weighted by Gasteiger charge is -2.11. The molecule has 2 heterocycles. The van der Waals surface area contributed by atoms with Crippen LogP contribution in [0.4, 0.5) is 5.69 Å². The Bertz CT molecular complexity index is 1220. The van der Waals surface area contributed by atoms with Crippen molar-refractivity contribution in [2.45, 2.75) is 26.2 Å². The van der Waals surface area contributed by atoms with Gasteiger partial charge in [0.2, 0.25) is 5.91 Å². The van der Waals surface area contributed by atoms with Crippen LogP contribution in [0.3, 0.4) is 0 Å². The molecule has 0 saturated heterocycles. The van der Waals surface area contributed by atoms with Crippen molar-refractivity contribution in [1.29, 1.82) is 0 Å². The Balaban J connectivity index is 1.52. The number of carbonyl (C=O) groups is 1. The van der Waals surface area contributed by atoms with Crippen molar-refractivity contribution >= 4 is 34.1 Å². The van der Waals surface area contributed by atoms with Crippen LogP contribution in [0.5, 0.6) is 5.75 Å². The van der Waals surface area contributed by atoms with Gasteiger partial charge in [-0.25, -0.2) is 0 Å². The van der Waals surface area contributed by atoms with Gasteiger partial charge in [-0.3, -0.25) is 9.78 Å². The zero-order valence-corrected chi connectivity index (χ0v) is 18.3. The summed E-state index contributed by atoms with van der Waals surface area (Å²) in [6, 6.07) is 17.4. The number of rotatable bonds is 7. The standard InChI is InChI=1S/C25H24ClN3O2/c1-16-9-11-20-19(14-16)18(25(29-20)21-7-3-4-13-27-21)6-5-8-24(30)28-22-15-17(26)10-12-23(22)31-2/h3-4,7,9-15,29H,5-6,8H2,1-2H3,(H,28,30). The fourth-order valence-corrected chi connectivity index (χ4v) is 3.94. The Morgan fingerprint density at radius 1 is 1.16 bits per heavy atom. The van der Waals surface area contributed by atoms with Crippen molar-refractivity contribution in [3.63, 3.8) is 0 Å². The number of nitrogens with one attached hydrogen (secondary N) is 2. The minimum Gasteiger partial charge on any atom is -0.495 e. The van der Waals surface area contributed by atoms with E-state index in [0.29, 0.717) is 29.3 Å². The first-order valence-electron chi connectivity index (χ1n) is 10.2. The highest BCUT2D eigenvalue weighted by Gasteiger charge is 2.15. The number of ether oxygens (including phenoxy) is 1. The second-order valence-corrected chi connectivity index (χ2v) is 7.93. The SMILES string of the molecule is COc1ccc(Cl)cc1NC(=O)CCCc1c(-c2ccccn2)[nH]c2ccc(C)cc12. The molecule has 4 rings (SSSR count). The van der Waals surface area contributed by atoms with Crippen LogP contribution in [0.25, 0.3) is 22.3 Å². The minimum absolute atomic E-state index is 0.0732. The number of hydrogen-bond acceptors (Lipinski definition) is 3. The normalized spacial score (nSPS) is 10.9. The number of amides is 1. The van der Waals surface area contributed by atoms with Gasteiger partial charge in [0, 0.05) is 28.5 Å². The second kappa shape index (κ2) is 9.23. The van der Waals surface area contributed by atoms with E-state index in [2.05, 4.69) is 40.4 Å². The monoisotopic (exact) mass is 433 g/mol. The number of aromatic amines is 1. The maximum Gasteiger partial charge on any atom is 0.224 e. The van der Waals surface area contributed by atoms with Crippen LogP contribution in [0.2, 0.25) is 5.02 Å². The predicted molar refractivity (Wildman–Crippen MR) is 126 cm³/mol. The van der Waals surface area contributed by atoms with Crippen LogP contribution in [0, 0.1) is 6.92 Å². The van der Waals surface area contributed by atoms with Gasteiger partial charge in [-0.2, -0.15) is 0 Å². The van der Waals surface area contributed by atoms with Gasteiger partial charge in [-0.1, -0.05) is 29.3 Å². The molecule has 0 aliphatic rings. The maximum absolute atomic E-state index is 12.6. The molecule has 1 amide bonds. The molecular formula is C25H24ClN3O2. The lowest BCUT2D eigenvalue weighted by Crippen LogP contribution is -2.12. The molecule has 2 N–H and O–H groups in total. The first-order valence-corrected chi connectivity index (χ1v) is 10.6. The van der Waals surface area contributed by atoms with E-state index in [0.717, 1.165) is 23.3 Å². The lowest BCUT2D eigenvalue weighted by atomic mass is 10.0. The number of nitrogens with zero attached hydrogens (tertiary/aromatic N) is 1. The molecule has 31 heavy (non-hydrogen) atoms. The highest BCUT2D eigenvalue weighted by atomic mass is 35.5. The molecule has 4 aromatic rings. The van der Waals surface area contributed by atoms with Crippen LogP contribution >= 0.6 is 11.6 Å². The largest absolute Gasteiger partial charge is 0.495 e. The van der Waals surface area contributed by atoms with Crippen molar-refractivity contribution in [2.24, 2.45) is 0 Å². The number of H-pyrrole nitrogens is 1. The van der Waals surface area contributed by atoms with E-state index in [1.807, 2.05) is 18.2 Å². The summed E-state index contributed by atoms with van der Waals surface area (Å²) in [4.78, 5) is 20.6. The van der Waals surface area contributed by atoms with Crippen LogP contribution in [0.1, 0.15) is 24.0 Å². The minimum atomic E-state index is -0.0732. The number of hydrogen-bond donors (Lipinski definition) is 2. The van der Waals surface area contributed by atoms with Gasteiger partial charge in [0.25, 0.3) is 0 Å². The van der Waals surface area contributed by atoms with E-state index in [1.165, 1.54) is 16.5 Å². The van der Waals surface area contributed by atoms with Crippen LogP contribution in [-0.2, 0) is 11.2 Å². The Labute approximate surface area is 186 Å². The van der Waals surface area contributed by atoms with E-state index in [4.69, 9.17) is 16.3 Å². The van der Waals surface area contributed by atoms with Crippen LogP contribution in [0.15, 0.2) is 60.8 Å². The average molecular weight is 434 g/mol. The van der Waals surface area contributed by atoms with Gasteiger partial charge in [0.15, 0.2) is 0 Å². The van der Waals surface area contributed by atoms with E-state index >= 15 is 0 Å². The van der Waals surface area contributed by atoms with Gasteiger partial charge in [-0.15, -0.1) is 0 Å². The summed E-state index contributed by atoms with van der Waals surface area (Å²) in [5.41, 5.74) is 5.96. The zero-order valence-electron chi connectivity index (χ0n) is 17.5. The van der Waals surface area contributed by atoms with Crippen LogP contribution in [-0.4, -0.2) is 23.0 Å². The van der Waals surface area contributed by atoms with Gasteiger partial charge in [0.1, 0.15) is 5.75 Å². The van der Waals surface area contributed by atoms with Crippen molar-refractivity contribution < 1.29 is 9.53 Å². The van der Waals surface area contributed by atoms with Crippen molar-refractivity contribution in [1.82, 2.24) is 9.97 Å². The van der Waals surface area contributed by atoms with Gasteiger partial charge < -0.3 is 15.0 Å². The molecule has 6 heteroatoms. The smallest absolute Gasteiger partial charge is 0.224 e. The van der Waals surface area contributed by atoms with Crippen molar-refractivity contribution in [2.75, 3.05) is 12.4 Å². The summed E-state index contributed by atoms with van der Waals surface area (Å²) >= 11 is 6.06. The summed E-state index contributed by atoms with van der Waals surface area (Å²) in [6.45, 7) is 2.09. The van der Waals surface area contributed by atoms with Crippen molar-refractivity contribution in [3.8, 4) is 17.1 Å². The number of carbonyl (C=O) groups excluding carboxylic acids is 1. The number of pyridine rings is 1. The number of anilines is 1. The number of halogens is 1. The molecule has 0 atom stereocenters. The van der Waals surface area contributed by atoms with Gasteiger partial charge >= 0.3 is 0 Å². The summed E-state index contributed by atoms with van der Waals surface area (Å²) in [6.07, 6.45) is 3.64. The number of aromatic nitrogens is 2. The second-order valence-electron chi connectivity index (χ2n) is 7.49. The molecular weight excluding hydrogens is 410 g/mol.